The fourth-order valence-electron chi connectivity index (χ4n) is 3.70. The summed E-state index contributed by atoms with van der Waals surface area (Å²) in [5.74, 6) is 1.94. The van der Waals surface area contributed by atoms with E-state index in [0.717, 1.165) is 17.9 Å². The SMILES string of the molecule is CC1CCC(CN(CC2CCCCN2)C(C)C)CC1. The minimum atomic E-state index is 0.697. The lowest BCUT2D eigenvalue weighted by Gasteiger charge is -2.37. The van der Waals surface area contributed by atoms with Crippen molar-refractivity contribution in [2.24, 2.45) is 11.8 Å². The second-order valence-electron chi connectivity index (χ2n) is 7.32. The van der Waals surface area contributed by atoms with Gasteiger partial charge in [0.15, 0.2) is 0 Å². The van der Waals surface area contributed by atoms with E-state index in [1.165, 1.54) is 64.6 Å². The van der Waals surface area contributed by atoms with Crippen LogP contribution in [0.2, 0.25) is 0 Å². The third kappa shape index (κ3) is 5.07. The van der Waals surface area contributed by atoms with Crippen molar-refractivity contribution in [1.29, 1.82) is 0 Å². The van der Waals surface area contributed by atoms with Gasteiger partial charge in [-0.2, -0.15) is 0 Å². The molecule has 0 amide bonds. The van der Waals surface area contributed by atoms with Gasteiger partial charge in [0.1, 0.15) is 0 Å². The molecule has 2 aliphatic rings. The number of nitrogens with one attached hydrogen (secondary N) is 1. The Balaban J connectivity index is 1.78. The zero-order valence-corrected chi connectivity index (χ0v) is 13.3. The van der Waals surface area contributed by atoms with Crippen LogP contribution in [0.4, 0.5) is 0 Å². The van der Waals surface area contributed by atoms with Crippen LogP contribution in [-0.4, -0.2) is 36.6 Å². The molecule has 1 heterocycles. The van der Waals surface area contributed by atoms with Crippen molar-refractivity contribution >= 4 is 0 Å². The Bertz CT molecular complexity index is 238. The average Bonchev–Trinajstić information content (AvgIpc) is 2.41. The molecular weight excluding hydrogens is 232 g/mol. The fraction of sp³-hybridized carbons (Fsp3) is 1.00. The van der Waals surface area contributed by atoms with Gasteiger partial charge in [0.25, 0.3) is 0 Å². The molecule has 0 bridgehead atoms. The molecule has 0 spiro atoms. The fourth-order valence-corrected chi connectivity index (χ4v) is 3.70. The largest absolute Gasteiger partial charge is 0.313 e. The van der Waals surface area contributed by atoms with Crippen LogP contribution >= 0.6 is 0 Å². The van der Waals surface area contributed by atoms with Gasteiger partial charge < -0.3 is 5.32 Å². The van der Waals surface area contributed by atoms with Crippen LogP contribution in [-0.2, 0) is 0 Å². The lowest BCUT2D eigenvalue weighted by atomic mass is 9.82. The van der Waals surface area contributed by atoms with Gasteiger partial charge in [-0.25, -0.2) is 0 Å². The van der Waals surface area contributed by atoms with Crippen LogP contribution in [0.5, 0.6) is 0 Å². The topological polar surface area (TPSA) is 15.3 Å². The Morgan fingerprint density at radius 1 is 1.00 bits per heavy atom. The summed E-state index contributed by atoms with van der Waals surface area (Å²) in [4.78, 5) is 2.74. The van der Waals surface area contributed by atoms with E-state index in [9.17, 15) is 0 Å². The number of nitrogens with zero attached hydrogens (tertiary/aromatic N) is 1. The molecule has 1 aliphatic carbocycles. The molecule has 1 saturated heterocycles. The summed E-state index contributed by atoms with van der Waals surface area (Å²) in [5.41, 5.74) is 0. The highest BCUT2D eigenvalue weighted by Gasteiger charge is 2.24. The van der Waals surface area contributed by atoms with Crippen molar-refractivity contribution < 1.29 is 0 Å². The monoisotopic (exact) mass is 266 g/mol. The smallest absolute Gasteiger partial charge is 0.0195 e. The molecule has 0 aromatic carbocycles. The lowest BCUT2D eigenvalue weighted by molar-refractivity contribution is 0.135. The molecule has 19 heavy (non-hydrogen) atoms. The van der Waals surface area contributed by atoms with Gasteiger partial charge in [-0.3, -0.25) is 4.90 Å². The standard InChI is InChI=1S/C17H34N2/c1-14(2)19(13-17-6-4-5-11-18-17)12-16-9-7-15(3)8-10-16/h14-18H,4-13H2,1-3H3. The van der Waals surface area contributed by atoms with Gasteiger partial charge in [0.05, 0.1) is 0 Å². The number of piperidine rings is 1. The Morgan fingerprint density at radius 3 is 2.32 bits per heavy atom. The maximum atomic E-state index is 3.71. The lowest BCUT2D eigenvalue weighted by Crippen LogP contribution is -2.47. The predicted octanol–water partition coefficient (Wildman–Crippen LogP) is 3.67. The molecule has 2 rings (SSSR count). The van der Waals surface area contributed by atoms with E-state index < -0.39 is 0 Å². The van der Waals surface area contributed by atoms with E-state index in [2.05, 4.69) is 31.0 Å². The molecule has 112 valence electrons. The van der Waals surface area contributed by atoms with Gasteiger partial charge in [0.2, 0.25) is 0 Å². The van der Waals surface area contributed by atoms with Crippen molar-refractivity contribution in [2.45, 2.75) is 77.8 Å². The number of hydrogen-bond acceptors (Lipinski definition) is 2. The summed E-state index contributed by atoms with van der Waals surface area (Å²) in [6.45, 7) is 11.0. The maximum Gasteiger partial charge on any atom is 0.0195 e. The Kier molecular flexibility index (Phi) is 6.15. The molecule has 1 aliphatic heterocycles. The van der Waals surface area contributed by atoms with Crippen molar-refractivity contribution in [3.63, 3.8) is 0 Å². The quantitative estimate of drug-likeness (QED) is 0.817. The molecule has 2 fully saturated rings. The van der Waals surface area contributed by atoms with Crippen molar-refractivity contribution in [2.75, 3.05) is 19.6 Å². The maximum absolute atomic E-state index is 3.71. The van der Waals surface area contributed by atoms with Crippen molar-refractivity contribution in [3.05, 3.63) is 0 Å². The first-order chi connectivity index (χ1) is 9.15. The van der Waals surface area contributed by atoms with E-state index in [4.69, 9.17) is 0 Å². The molecule has 0 radical (unpaired) electrons. The molecule has 2 nitrogen and oxygen atoms in total. The van der Waals surface area contributed by atoms with Crippen molar-refractivity contribution in [3.8, 4) is 0 Å². The molecule has 0 aromatic rings. The summed E-state index contributed by atoms with van der Waals surface area (Å²) in [7, 11) is 0. The van der Waals surface area contributed by atoms with E-state index >= 15 is 0 Å². The summed E-state index contributed by atoms with van der Waals surface area (Å²) in [5, 5.41) is 3.71. The number of rotatable bonds is 5. The molecule has 1 atom stereocenters. The Hall–Kier alpha value is -0.0800. The van der Waals surface area contributed by atoms with Crippen LogP contribution in [0, 0.1) is 11.8 Å². The molecule has 2 heteroatoms. The third-order valence-corrected chi connectivity index (χ3v) is 5.23. The second kappa shape index (κ2) is 7.64. The van der Waals surface area contributed by atoms with Crippen LogP contribution in [0.25, 0.3) is 0 Å². The van der Waals surface area contributed by atoms with Gasteiger partial charge in [0, 0.05) is 25.2 Å². The summed E-state index contributed by atoms with van der Waals surface area (Å²) in [6, 6.07) is 1.45. The van der Waals surface area contributed by atoms with Crippen LogP contribution in [0.15, 0.2) is 0 Å². The molecule has 0 aromatic heterocycles. The minimum absolute atomic E-state index is 0.697. The Morgan fingerprint density at radius 2 is 1.74 bits per heavy atom. The van der Waals surface area contributed by atoms with Crippen molar-refractivity contribution in [1.82, 2.24) is 10.2 Å². The molecular formula is C17H34N2. The molecule has 1 unspecified atom stereocenters. The molecule has 1 N–H and O–H groups in total. The first kappa shape index (κ1) is 15.3. The molecule has 1 saturated carbocycles. The van der Waals surface area contributed by atoms with E-state index in [1.807, 2.05) is 0 Å². The number of hydrogen-bond donors (Lipinski definition) is 1. The first-order valence-corrected chi connectivity index (χ1v) is 8.62. The van der Waals surface area contributed by atoms with Crippen LogP contribution in [0.3, 0.4) is 0 Å². The highest BCUT2D eigenvalue weighted by atomic mass is 15.2. The van der Waals surface area contributed by atoms with Gasteiger partial charge >= 0.3 is 0 Å². The third-order valence-electron chi connectivity index (χ3n) is 5.23. The Labute approximate surface area is 120 Å². The van der Waals surface area contributed by atoms with Crippen LogP contribution < -0.4 is 5.32 Å². The highest BCUT2D eigenvalue weighted by molar-refractivity contribution is 4.80. The van der Waals surface area contributed by atoms with Crippen LogP contribution in [0.1, 0.15) is 65.7 Å². The zero-order valence-electron chi connectivity index (χ0n) is 13.3. The van der Waals surface area contributed by atoms with E-state index in [1.54, 1.807) is 0 Å². The van der Waals surface area contributed by atoms with Gasteiger partial charge in [-0.1, -0.05) is 26.2 Å². The zero-order chi connectivity index (χ0) is 13.7. The summed E-state index contributed by atoms with van der Waals surface area (Å²) < 4.78 is 0. The van der Waals surface area contributed by atoms with Gasteiger partial charge in [-0.05, 0) is 57.9 Å². The highest BCUT2D eigenvalue weighted by Crippen LogP contribution is 2.29. The normalized spacial score (nSPS) is 33.0. The predicted molar refractivity (Wildman–Crippen MR) is 83.5 cm³/mol. The van der Waals surface area contributed by atoms with E-state index in [0.29, 0.717) is 6.04 Å². The second-order valence-corrected chi connectivity index (χ2v) is 7.32. The average molecular weight is 266 g/mol. The summed E-state index contributed by atoms with van der Waals surface area (Å²) >= 11 is 0. The summed E-state index contributed by atoms with van der Waals surface area (Å²) in [6.07, 6.45) is 10.0. The van der Waals surface area contributed by atoms with Gasteiger partial charge in [-0.15, -0.1) is 0 Å². The first-order valence-electron chi connectivity index (χ1n) is 8.62. The minimum Gasteiger partial charge on any atom is -0.313 e. The van der Waals surface area contributed by atoms with E-state index in [-0.39, 0.29) is 0 Å².